The van der Waals surface area contributed by atoms with E-state index in [1.54, 1.807) is 19.4 Å². The van der Waals surface area contributed by atoms with Crippen LogP contribution < -0.4 is 15.4 Å². The topological polar surface area (TPSA) is 78.9 Å². The number of ether oxygens (including phenoxy) is 1. The zero-order valence-electron chi connectivity index (χ0n) is 15.1. The summed E-state index contributed by atoms with van der Waals surface area (Å²) in [5, 5.41) is 6.59. The predicted molar refractivity (Wildman–Crippen MR) is 109 cm³/mol. The molecule has 8 heteroatoms. The van der Waals surface area contributed by atoms with E-state index in [2.05, 4.69) is 20.6 Å². The lowest BCUT2D eigenvalue weighted by Gasteiger charge is -2.20. The highest BCUT2D eigenvalue weighted by Gasteiger charge is 2.27. The van der Waals surface area contributed by atoms with E-state index in [4.69, 9.17) is 4.74 Å². The maximum absolute atomic E-state index is 12.0. The summed E-state index contributed by atoms with van der Waals surface area (Å²) in [6.07, 6.45) is 4.34. The number of nitrogens with zero attached hydrogens (tertiary/aromatic N) is 3. The average molecular weight is 461 g/mol. The molecule has 0 saturated carbocycles. The van der Waals surface area contributed by atoms with Gasteiger partial charge in [0.25, 0.3) is 0 Å². The number of amides is 1. The lowest BCUT2D eigenvalue weighted by molar-refractivity contribution is -0.133. The molecule has 2 heterocycles. The third-order valence-electron chi connectivity index (χ3n) is 3.86. The first-order chi connectivity index (χ1) is 11.6. The number of pyridine rings is 1. The van der Waals surface area contributed by atoms with E-state index in [1.165, 1.54) is 0 Å². The standard InChI is InChI=1S/C17H27N5O2.HI/c1-13(2)16(23)22-9-6-14(12-22)21-17(18-3)20-8-10-24-15-5-4-7-19-11-15;/h4-5,7,11,13-14H,6,8-10,12H2,1-3H3,(H2,18,20,21);1H. The van der Waals surface area contributed by atoms with Gasteiger partial charge in [-0.1, -0.05) is 13.8 Å². The highest BCUT2D eigenvalue weighted by molar-refractivity contribution is 14.0. The second kappa shape index (κ2) is 11.1. The van der Waals surface area contributed by atoms with Gasteiger partial charge in [0.2, 0.25) is 5.91 Å². The maximum Gasteiger partial charge on any atom is 0.225 e. The molecular formula is C17H28IN5O2. The van der Waals surface area contributed by atoms with Gasteiger partial charge in [0.05, 0.1) is 12.7 Å². The van der Waals surface area contributed by atoms with E-state index in [-0.39, 0.29) is 41.8 Å². The van der Waals surface area contributed by atoms with Crippen LogP contribution in [0.15, 0.2) is 29.5 Å². The SMILES string of the molecule is CN=C(NCCOc1cccnc1)NC1CCN(C(=O)C(C)C)C1.I. The number of nitrogens with one attached hydrogen (secondary N) is 2. The fraction of sp³-hybridized carbons (Fsp3) is 0.588. The smallest absolute Gasteiger partial charge is 0.225 e. The summed E-state index contributed by atoms with van der Waals surface area (Å²) in [5.41, 5.74) is 0. The molecule has 1 fully saturated rings. The fourth-order valence-electron chi connectivity index (χ4n) is 2.60. The Hall–Kier alpha value is -1.58. The minimum Gasteiger partial charge on any atom is -0.490 e. The minimum atomic E-state index is 0. The van der Waals surface area contributed by atoms with E-state index in [0.717, 1.165) is 31.2 Å². The summed E-state index contributed by atoms with van der Waals surface area (Å²) in [5.74, 6) is 1.74. The van der Waals surface area contributed by atoms with Gasteiger partial charge in [-0.25, -0.2) is 0 Å². The second-order valence-corrected chi connectivity index (χ2v) is 6.11. The average Bonchev–Trinajstić information content (AvgIpc) is 3.06. The number of halogens is 1. The summed E-state index contributed by atoms with van der Waals surface area (Å²) in [7, 11) is 1.74. The van der Waals surface area contributed by atoms with Crippen LogP contribution in [0, 0.1) is 5.92 Å². The summed E-state index contributed by atoms with van der Waals surface area (Å²) >= 11 is 0. The molecule has 140 valence electrons. The molecule has 0 aliphatic carbocycles. The van der Waals surface area contributed by atoms with Gasteiger partial charge in [0.15, 0.2) is 5.96 Å². The molecule has 1 saturated heterocycles. The first kappa shape index (κ1) is 21.5. The van der Waals surface area contributed by atoms with Crippen molar-refractivity contribution in [2.24, 2.45) is 10.9 Å². The van der Waals surface area contributed by atoms with Crippen LogP contribution in [0.1, 0.15) is 20.3 Å². The Labute approximate surface area is 166 Å². The fourth-order valence-corrected chi connectivity index (χ4v) is 2.60. The van der Waals surface area contributed by atoms with Crippen molar-refractivity contribution in [3.63, 3.8) is 0 Å². The van der Waals surface area contributed by atoms with Crippen LogP contribution in [-0.4, -0.2) is 61.1 Å². The monoisotopic (exact) mass is 461 g/mol. The molecule has 1 aliphatic heterocycles. The molecule has 1 amide bonds. The van der Waals surface area contributed by atoms with Crippen molar-refractivity contribution >= 4 is 35.8 Å². The molecule has 1 atom stereocenters. The molecular weight excluding hydrogens is 433 g/mol. The van der Waals surface area contributed by atoms with Crippen LogP contribution in [0.5, 0.6) is 5.75 Å². The van der Waals surface area contributed by atoms with Crippen LogP contribution in [0.25, 0.3) is 0 Å². The van der Waals surface area contributed by atoms with Gasteiger partial charge in [-0.15, -0.1) is 24.0 Å². The highest BCUT2D eigenvalue weighted by atomic mass is 127. The van der Waals surface area contributed by atoms with E-state index in [0.29, 0.717) is 13.2 Å². The van der Waals surface area contributed by atoms with Gasteiger partial charge >= 0.3 is 0 Å². The number of rotatable bonds is 6. The number of hydrogen-bond donors (Lipinski definition) is 2. The summed E-state index contributed by atoms with van der Waals surface area (Å²) < 4.78 is 5.59. The van der Waals surface area contributed by atoms with Gasteiger partial charge in [-0.3, -0.25) is 14.8 Å². The first-order valence-corrected chi connectivity index (χ1v) is 8.39. The van der Waals surface area contributed by atoms with Crippen LogP contribution in [0.2, 0.25) is 0 Å². The molecule has 1 aromatic rings. The van der Waals surface area contributed by atoms with Gasteiger partial charge in [0.1, 0.15) is 12.4 Å². The number of hydrogen-bond acceptors (Lipinski definition) is 4. The zero-order chi connectivity index (χ0) is 17.4. The number of likely N-dealkylation sites (tertiary alicyclic amines) is 1. The first-order valence-electron chi connectivity index (χ1n) is 8.39. The Balaban J connectivity index is 0.00000312. The Morgan fingerprint density at radius 3 is 2.96 bits per heavy atom. The van der Waals surface area contributed by atoms with Crippen LogP contribution in [-0.2, 0) is 4.79 Å². The molecule has 2 rings (SSSR count). The van der Waals surface area contributed by atoms with E-state index in [9.17, 15) is 4.79 Å². The predicted octanol–water partition coefficient (Wildman–Crippen LogP) is 1.50. The van der Waals surface area contributed by atoms with Gasteiger partial charge in [-0.2, -0.15) is 0 Å². The van der Waals surface area contributed by atoms with Crippen molar-refractivity contribution < 1.29 is 9.53 Å². The molecule has 0 bridgehead atoms. The van der Waals surface area contributed by atoms with Crippen molar-refractivity contribution in [1.29, 1.82) is 0 Å². The molecule has 7 nitrogen and oxygen atoms in total. The van der Waals surface area contributed by atoms with E-state index in [1.807, 2.05) is 30.9 Å². The highest BCUT2D eigenvalue weighted by Crippen LogP contribution is 2.12. The third kappa shape index (κ3) is 7.05. The van der Waals surface area contributed by atoms with Crippen LogP contribution in [0.4, 0.5) is 0 Å². The normalized spacial score (nSPS) is 17.2. The number of aromatic nitrogens is 1. The van der Waals surface area contributed by atoms with Crippen LogP contribution in [0.3, 0.4) is 0 Å². The van der Waals surface area contributed by atoms with Crippen molar-refractivity contribution in [3.8, 4) is 5.75 Å². The quantitative estimate of drug-likeness (QED) is 0.291. The lowest BCUT2D eigenvalue weighted by atomic mass is 10.2. The van der Waals surface area contributed by atoms with Gasteiger partial charge < -0.3 is 20.3 Å². The molecule has 0 radical (unpaired) electrons. The Kier molecular flexibility index (Phi) is 9.54. The van der Waals surface area contributed by atoms with Gasteiger partial charge in [0, 0.05) is 38.3 Å². The number of carbonyl (C=O) groups excluding carboxylic acids is 1. The Morgan fingerprint density at radius 1 is 1.52 bits per heavy atom. The summed E-state index contributed by atoms with van der Waals surface area (Å²) in [4.78, 5) is 22.2. The molecule has 1 unspecified atom stereocenters. The largest absolute Gasteiger partial charge is 0.490 e. The molecule has 2 N–H and O–H groups in total. The molecule has 25 heavy (non-hydrogen) atoms. The van der Waals surface area contributed by atoms with Crippen molar-refractivity contribution in [1.82, 2.24) is 20.5 Å². The molecule has 0 spiro atoms. The van der Waals surface area contributed by atoms with Crippen molar-refractivity contribution in [3.05, 3.63) is 24.5 Å². The number of carbonyl (C=O) groups is 1. The molecule has 1 aromatic heterocycles. The Bertz CT molecular complexity index is 553. The van der Waals surface area contributed by atoms with E-state index >= 15 is 0 Å². The van der Waals surface area contributed by atoms with Crippen molar-refractivity contribution in [2.45, 2.75) is 26.3 Å². The van der Waals surface area contributed by atoms with E-state index < -0.39 is 0 Å². The minimum absolute atomic E-state index is 0. The van der Waals surface area contributed by atoms with Gasteiger partial charge in [-0.05, 0) is 18.6 Å². The van der Waals surface area contributed by atoms with Crippen molar-refractivity contribution in [2.75, 3.05) is 33.3 Å². The maximum atomic E-state index is 12.0. The second-order valence-electron chi connectivity index (χ2n) is 6.11. The number of aliphatic imine (C=N–C) groups is 1. The Morgan fingerprint density at radius 2 is 2.32 bits per heavy atom. The zero-order valence-corrected chi connectivity index (χ0v) is 17.4. The summed E-state index contributed by atoms with van der Waals surface area (Å²) in [6, 6.07) is 3.95. The van der Waals surface area contributed by atoms with Crippen LogP contribution >= 0.6 is 24.0 Å². The molecule has 1 aliphatic rings. The third-order valence-corrected chi connectivity index (χ3v) is 3.86. The molecule has 0 aromatic carbocycles. The summed E-state index contributed by atoms with van der Waals surface area (Å²) in [6.45, 7) is 6.56. The lowest BCUT2D eigenvalue weighted by Crippen LogP contribution is -2.46. The number of guanidine groups is 1.